The summed E-state index contributed by atoms with van der Waals surface area (Å²) >= 11 is 0. The number of fused-ring (bicyclic) bond motifs is 3. The van der Waals surface area contributed by atoms with Crippen LogP contribution in [0.4, 0.5) is 11.4 Å². The molecule has 0 aromatic heterocycles. The lowest BCUT2D eigenvalue weighted by Crippen LogP contribution is -2.50. The number of hydrogen-bond acceptors (Lipinski definition) is 5. The Labute approximate surface area is 125 Å². The molecule has 0 amide bonds. The second kappa shape index (κ2) is 5.66. The number of carbonyl (C=O) groups is 1. The highest BCUT2D eigenvalue weighted by Gasteiger charge is 2.44. The van der Waals surface area contributed by atoms with E-state index in [0.29, 0.717) is 12.2 Å². The Morgan fingerprint density at radius 2 is 2.33 bits per heavy atom. The summed E-state index contributed by atoms with van der Waals surface area (Å²) in [7, 11) is 1.88. The summed E-state index contributed by atoms with van der Waals surface area (Å²) in [5.41, 5.74) is 3.21. The van der Waals surface area contributed by atoms with Gasteiger partial charge in [-0.2, -0.15) is 0 Å². The number of likely N-dealkylation sites (N-methyl/N-ethyl adjacent to an activating group) is 1. The first-order chi connectivity index (χ1) is 10.2. The molecule has 0 radical (unpaired) electrons. The van der Waals surface area contributed by atoms with Crippen molar-refractivity contribution in [1.82, 2.24) is 4.90 Å². The highest BCUT2D eigenvalue weighted by atomic mass is 16.3. The van der Waals surface area contributed by atoms with Crippen molar-refractivity contribution in [2.24, 2.45) is 0 Å². The van der Waals surface area contributed by atoms with Gasteiger partial charge in [-0.15, -0.1) is 0 Å². The number of carbonyl (C=O) groups excluding carboxylic acids is 1. The fourth-order valence-electron chi connectivity index (χ4n) is 3.84. The Balaban J connectivity index is 2.06. The van der Waals surface area contributed by atoms with Crippen LogP contribution < -0.4 is 10.2 Å². The first-order valence-electron chi connectivity index (χ1n) is 7.66. The molecule has 5 heteroatoms. The highest BCUT2D eigenvalue weighted by Crippen LogP contribution is 2.48. The van der Waals surface area contributed by atoms with Gasteiger partial charge in [0, 0.05) is 32.1 Å². The predicted octanol–water partition coefficient (Wildman–Crippen LogP) is 1.24. The van der Waals surface area contributed by atoms with Gasteiger partial charge in [0.05, 0.1) is 11.4 Å². The SMILES string of the molecule is CCN1CCC2C(C1)c1cccc(NC)c1N2C(O)C=O. The first kappa shape index (κ1) is 14.4. The smallest absolute Gasteiger partial charge is 0.184 e. The van der Waals surface area contributed by atoms with Crippen LogP contribution in [0.25, 0.3) is 0 Å². The first-order valence-corrected chi connectivity index (χ1v) is 7.66. The number of aliphatic hydroxyl groups excluding tert-OH is 1. The summed E-state index contributed by atoms with van der Waals surface area (Å²) in [5.74, 6) is 0.358. The van der Waals surface area contributed by atoms with Crippen molar-refractivity contribution in [3.05, 3.63) is 23.8 Å². The summed E-state index contributed by atoms with van der Waals surface area (Å²) in [4.78, 5) is 15.5. The summed E-state index contributed by atoms with van der Waals surface area (Å²) in [5, 5.41) is 13.4. The number of nitrogens with one attached hydrogen (secondary N) is 1. The second-order valence-corrected chi connectivity index (χ2v) is 5.81. The predicted molar refractivity (Wildman–Crippen MR) is 83.8 cm³/mol. The number of piperidine rings is 1. The van der Waals surface area contributed by atoms with Gasteiger partial charge in [-0.25, -0.2) is 0 Å². The number of aliphatic hydroxyl groups is 1. The van der Waals surface area contributed by atoms with Gasteiger partial charge in [-0.3, -0.25) is 4.79 Å². The summed E-state index contributed by atoms with van der Waals surface area (Å²) in [6, 6.07) is 6.38. The standard InChI is InChI=1S/C16H23N3O2/c1-3-18-8-7-14-12(9-18)11-5-4-6-13(17-2)16(11)19(14)15(21)10-20/h4-6,10,12,14-15,17,21H,3,7-9H2,1-2H3. The van der Waals surface area contributed by atoms with Crippen LogP contribution in [0.15, 0.2) is 18.2 Å². The quantitative estimate of drug-likeness (QED) is 0.817. The van der Waals surface area contributed by atoms with Crippen molar-refractivity contribution in [3.8, 4) is 0 Å². The maximum Gasteiger partial charge on any atom is 0.184 e. The van der Waals surface area contributed by atoms with Crippen LogP contribution in [-0.4, -0.2) is 55.2 Å². The van der Waals surface area contributed by atoms with E-state index in [1.165, 1.54) is 5.56 Å². The van der Waals surface area contributed by atoms with Crippen LogP contribution >= 0.6 is 0 Å². The van der Waals surface area contributed by atoms with Gasteiger partial charge >= 0.3 is 0 Å². The van der Waals surface area contributed by atoms with E-state index < -0.39 is 6.23 Å². The maximum absolute atomic E-state index is 11.2. The Morgan fingerprint density at radius 1 is 1.52 bits per heavy atom. The van der Waals surface area contributed by atoms with Crippen LogP contribution in [0.1, 0.15) is 24.8 Å². The number of aldehydes is 1. The molecule has 1 saturated heterocycles. The average Bonchev–Trinajstić information content (AvgIpc) is 2.87. The number of anilines is 2. The molecule has 1 fully saturated rings. The van der Waals surface area contributed by atoms with E-state index in [2.05, 4.69) is 23.2 Å². The fourth-order valence-corrected chi connectivity index (χ4v) is 3.84. The monoisotopic (exact) mass is 289 g/mol. The number of likely N-dealkylation sites (tertiary alicyclic amines) is 1. The van der Waals surface area contributed by atoms with Crippen LogP contribution in [0.5, 0.6) is 0 Å². The fraction of sp³-hybridized carbons (Fsp3) is 0.562. The van der Waals surface area contributed by atoms with Crippen molar-refractivity contribution < 1.29 is 9.90 Å². The normalized spacial score (nSPS) is 26.1. The van der Waals surface area contributed by atoms with E-state index >= 15 is 0 Å². The van der Waals surface area contributed by atoms with Crippen molar-refractivity contribution in [2.45, 2.75) is 31.5 Å². The Bertz CT molecular complexity index is 534. The molecule has 2 aliphatic heterocycles. The number of hydrogen-bond donors (Lipinski definition) is 2. The molecule has 2 N–H and O–H groups in total. The molecule has 3 unspecified atom stereocenters. The third-order valence-electron chi connectivity index (χ3n) is 4.87. The maximum atomic E-state index is 11.2. The number of para-hydroxylation sites is 1. The van der Waals surface area contributed by atoms with E-state index in [1.54, 1.807) is 0 Å². The van der Waals surface area contributed by atoms with Gasteiger partial charge in [0.15, 0.2) is 12.5 Å². The molecule has 21 heavy (non-hydrogen) atoms. The summed E-state index contributed by atoms with van der Waals surface area (Å²) in [6.07, 6.45) is 0.535. The van der Waals surface area contributed by atoms with E-state index in [4.69, 9.17) is 0 Å². The van der Waals surface area contributed by atoms with Gasteiger partial charge in [0.2, 0.25) is 0 Å². The van der Waals surface area contributed by atoms with E-state index in [9.17, 15) is 9.90 Å². The molecule has 0 bridgehead atoms. The van der Waals surface area contributed by atoms with Crippen molar-refractivity contribution >= 4 is 17.7 Å². The largest absolute Gasteiger partial charge is 0.386 e. The van der Waals surface area contributed by atoms with E-state index in [1.807, 2.05) is 24.1 Å². The minimum Gasteiger partial charge on any atom is -0.386 e. The molecule has 114 valence electrons. The Kier molecular flexibility index (Phi) is 3.87. The highest BCUT2D eigenvalue weighted by molar-refractivity contribution is 5.81. The van der Waals surface area contributed by atoms with Gasteiger partial charge in [-0.1, -0.05) is 19.1 Å². The third kappa shape index (κ3) is 2.21. The lowest BCUT2D eigenvalue weighted by atomic mass is 9.89. The number of nitrogens with zero attached hydrogens (tertiary/aromatic N) is 2. The molecule has 0 saturated carbocycles. The molecular weight excluding hydrogens is 266 g/mol. The molecule has 3 rings (SSSR count). The topological polar surface area (TPSA) is 55.8 Å². The van der Waals surface area contributed by atoms with Crippen LogP contribution in [0, 0.1) is 0 Å². The van der Waals surface area contributed by atoms with Gasteiger partial charge < -0.3 is 20.2 Å². The number of rotatable bonds is 4. The van der Waals surface area contributed by atoms with Gasteiger partial charge in [-0.05, 0) is 24.6 Å². The molecule has 0 aliphatic carbocycles. The molecule has 2 heterocycles. The van der Waals surface area contributed by atoms with Crippen molar-refractivity contribution in [3.63, 3.8) is 0 Å². The zero-order valence-electron chi connectivity index (χ0n) is 12.6. The molecule has 1 aromatic carbocycles. The third-order valence-corrected chi connectivity index (χ3v) is 4.87. The second-order valence-electron chi connectivity index (χ2n) is 5.81. The van der Waals surface area contributed by atoms with E-state index in [-0.39, 0.29) is 6.04 Å². The lowest BCUT2D eigenvalue weighted by Gasteiger charge is -2.39. The zero-order chi connectivity index (χ0) is 15.0. The van der Waals surface area contributed by atoms with Gasteiger partial charge in [0.1, 0.15) is 0 Å². The lowest BCUT2D eigenvalue weighted by molar-refractivity contribution is -0.115. The summed E-state index contributed by atoms with van der Waals surface area (Å²) < 4.78 is 0. The molecule has 1 aromatic rings. The summed E-state index contributed by atoms with van der Waals surface area (Å²) in [6.45, 7) is 5.23. The Morgan fingerprint density at radius 3 is 3.00 bits per heavy atom. The van der Waals surface area contributed by atoms with Crippen LogP contribution in [0.2, 0.25) is 0 Å². The minimum atomic E-state index is -1.07. The average molecular weight is 289 g/mol. The molecule has 3 atom stereocenters. The van der Waals surface area contributed by atoms with Crippen molar-refractivity contribution in [2.75, 3.05) is 36.9 Å². The molecule has 2 aliphatic rings. The number of benzene rings is 1. The Hall–Kier alpha value is -1.59. The van der Waals surface area contributed by atoms with Crippen LogP contribution in [0.3, 0.4) is 0 Å². The molecule has 0 spiro atoms. The zero-order valence-corrected chi connectivity index (χ0v) is 12.6. The minimum absolute atomic E-state index is 0.206. The molecular formula is C16H23N3O2. The van der Waals surface area contributed by atoms with Crippen molar-refractivity contribution in [1.29, 1.82) is 0 Å². The molecule has 5 nitrogen and oxygen atoms in total. The van der Waals surface area contributed by atoms with Crippen LogP contribution in [-0.2, 0) is 4.79 Å². The van der Waals surface area contributed by atoms with Gasteiger partial charge in [0.25, 0.3) is 0 Å². The van der Waals surface area contributed by atoms with E-state index in [0.717, 1.165) is 37.4 Å².